The number of carbonyl (C=O) groups excluding carboxylic acids is 2. The van der Waals surface area contributed by atoms with E-state index < -0.39 is 40.7 Å². The minimum Gasteiger partial charge on any atom is -0.444 e. The molecule has 0 radical (unpaired) electrons. The maximum absolute atomic E-state index is 13.1. The van der Waals surface area contributed by atoms with Crippen molar-refractivity contribution in [3.63, 3.8) is 0 Å². The van der Waals surface area contributed by atoms with Crippen LogP contribution < -0.4 is 0 Å². The maximum Gasteiger partial charge on any atom is 0.416 e. The van der Waals surface area contributed by atoms with E-state index in [9.17, 15) is 35.9 Å². The highest BCUT2D eigenvalue weighted by molar-refractivity contribution is 5.90. The summed E-state index contributed by atoms with van der Waals surface area (Å²) >= 11 is 0. The highest BCUT2D eigenvalue weighted by Gasteiger charge is 2.51. The summed E-state index contributed by atoms with van der Waals surface area (Å²) in [6.45, 7) is 7.18. The van der Waals surface area contributed by atoms with Crippen LogP contribution >= 0.6 is 0 Å². The molecule has 0 bridgehead atoms. The van der Waals surface area contributed by atoms with E-state index in [2.05, 4.69) is 10.1 Å². The van der Waals surface area contributed by atoms with Gasteiger partial charge in [-0.1, -0.05) is 0 Å². The van der Waals surface area contributed by atoms with Gasteiger partial charge in [0.05, 0.1) is 11.1 Å². The third-order valence-electron chi connectivity index (χ3n) is 6.18. The Kier molecular flexibility index (Phi) is 6.73. The largest absolute Gasteiger partial charge is 0.444 e. The molecular weight excluding hydrogens is 520 g/mol. The highest BCUT2D eigenvalue weighted by Crippen LogP contribution is 2.40. The van der Waals surface area contributed by atoms with Gasteiger partial charge >= 0.3 is 18.4 Å². The van der Waals surface area contributed by atoms with Gasteiger partial charge in [-0.3, -0.25) is 4.79 Å². The second-order valence-corrected chi connectivity index (χ2v) is 10.5. The fraction of sp³-hybridized carbons (Fsp3) is 0.500. The topological polar surface area (TPSA) is 80.6 Å². The van der Waals surface area contributed by atoms with Crippen molar-refractivity contribution in [3.05, 3.63) is 41.7 Å². The molecule has 8 nitrogen and oxygen atoms in total. The van der Waals surface area contributed by atoms with Crippen molar-refractivity contribution in [3.8, 4) is 11.4 Å². The van der Waals surface area contributed by atoms with Crippen LogP contribution in [0, 0.1) is 5.41 Å². The van der Waals surface area contributed by atoms with Gasteiger partial charge in [-0.05, 0) is 45.4 Å². The number of hydrogen-bond acceptors (Lipinski definition) is 5. The van der Waals surface area contributed by atoms with Gasteiger partial charge in [-0.25, -0.2) is 14.5 Å². The van der Waals surface area contributed by atoms with E-state index in [0.717, 1.165) is 11.0 Å². The van der Waals surface area contributed by atoms with Crippen molar-refractivity contribution in [1.29, 1.82) is 0 Å². The van der Waals surface area contributed by atoms with Crippen LogP contribution in [0.25, 0.3) is 17.6 Å². The molecule has 1 aromatic carbocycles. The van der Waals surface area contributed by atoms with Crippen molar-refractivity contribution < 1.29 is 40.7 Å². The first-order chi connectivity index (χ1) is 17.4. The average molecular weight is 545 g/mol. The lowest BCUT2D eigenvalue weighted by molar-refractivity contribution is -0.143. The summed E-state index contributed by atoms with van der Waals surface area (Å²) in [6, 6.07) is 1.09. The number of nitrogens with zero attached hydrogens (tertiary/aromatic N) is 5. The Hall–Kier alpha value is -3.58. The number of carbonyl (C=O) groups is 2. The second kappa shape index (κ2) is 9.31. The Labute approximate surface area is 213 Å². The number of halogens is 6. The number of amides is 2. The number of hydrogen-bond donors (Lipinski definition) is 0. The van der Waals surface area contributed by atoms with Crippen molar-refractivity contribution in [2.45, 2.75) is 45.1 Å². The Morgan fingerprint density at radius 3 is 2.08 bits per heavy atom. The van der Waals surface area contributed by atoms with Crippen LogP contribution in [-0.2, 0) is 21.9 Å². The lowest BCUT2D eigenvalue weighted by Crippen LogP contribution is -2.60. The molecule has 0 N–H and O–H groups in total. The molecule has 0 aliphatic carbocycles. The zero-order valence-electron chi connectivity index (χ0n) is 20.7. The number of alkyl halides is 6. The summed E-state index contributed by atoms with van der Waals surface area (Å²) in [5.74, 6) is -0.719. The first kappa shape index (κ1) is 27.5. The molecule has 3 heterocycles. The van der Waals surface area contributed by atoms with E-state index in [-0.39, 0.29) is 23.2 Å². The molecule has 0 atom stereocenters. The minimum atomic E-state index is -5.00. The fourth-order valence-electron chi connectivity index (χ4n) is 4.41. The summed E-state index contributed by atoms with van der Waals surface area (Å²) in [6.07, 6.45) is -6.22. The molecule has 2 aliphatic heterocycles. The number of aromatic nitrogens is 3. The van der Waals surface area contributed by atoms with E-state index in [1.165, 1.54) is 12.3 Å². The van der Waals surface area contributed by atoms with Gasteiger partial charge in [0.25, 0.3) is 0 Å². The quantitative estimate of drug-likeness (QED) is 0.404. The molecule has 2 aliphatic rings. The van der Waals surface area contributed by atoms with E-state index in [1.807, 2.05) is 0 Å². The summed E-state index contributed by atoms with van der Waals surface area (Å²) in [4.78, 5) is 31.8. The molecule has 2 aromatic rings. The zero-order chi connectivity index (χ0) is 28.1. The molecule has 0 saturated carbocycles. The Bertz CT molecular complexity index is 1220. The maximum atomic E-state index is 13.1. The Morgan fingerprint density at radius 1 is 0.947 bits per heavy atom. The fourth-order valence-corrected chi connectivity index (χ4v) is 4.41. The van der Waals surface area contributed by atoms with Crippen molar-refractivity contribution in [2.75, 3.05) is 26.2 Å². The molecule has 1 aromatic heterocycles. The lowest BCUT2D eigenvalue weighted by Gasteiger charge is -2.47. The number of rotatable bonds is 3. The molecule has 38 heavy (non-hydrogen) atoms. The number of ether oxygens (including phenoxy) is 1. The molecule has 2 amide bonds. The first-order valence-electron chi connectivity index (χ1n) is 11.6. The van der Waals surface area contributed by atoms with E-state index in [1.54, 1.807) is 30.6 Å². The molecule has 2 fully saturated rings. The van der Waals surface area contributed by atoms with Crippen LogP contribution in [0.4, 0.5) is 31.1 Å². The van der Waals surface area contributed by atoms with Gasteiger partial charge in [0.1, 0.15) is 11.9 Å². The van der Waals surface area contributed by atoms with Gasteiger partial charge < -0.3 is 14.5 Å². The van der Waals surface area contributed by atoms with Crippen LogP contribution in [0.2, 0.25) is 0 Å². The van der Waals surface area contributed by atoms with Gasteiger partial charge in [0, 0.05) is 49.4 Å². The summed E-state index contributed by atoms with van der Waals surface area (Å²) < 4.78 is 85.2. The molecule has 2 saturated heterocycles. The summed E-state index contributed by atoms with van der Waals surface area (Å²) in [5.41, 5.74) is -4.24. The number of benzene rings is 1. The zero-order valence-corrected chi connectivity index (χ0v) is 20.7. The molecule has 0 unspecified atom stereocenters. The Morgan fingerprint density at radius 2 is 1.53 bits per heavy atom. The van der Waals surface area contributed by atoms with Crippen molar-refractivity contribution in [1.82, 2.24) is 24.6 Å². The van der Waals surface area contributed by atoms with Gasteiger partial charge in [-0.2, -0.15) is 26.3 Å². The van der Waals surface area contributed by atoms with Gasteiger partial charge in [-0.15, -0.1) is 5.10 Å². The van der Waals surface area contributed by atoms with E-state index >= 15 is 0 Å². The third-order valence-corrected chi connectivity index (χ3v) is 6.18. The standard InChI is InChI=1S/C24H25F6N5O3/c1-21(2,3)38-20(37)34-12-22(13-34)5-7-33(11-22)18(36)4-6-35-14-31-19(32-35)15-8-16(23(25,26)27)10-17(9-15)24(28,29)30/h4,6,8-10,14H,5,7,11-13H2,1-3H3/b6-4+. The predicted octanol–water partition coefficient (Wildman–Crippen LogP) is 4.92. The van der Waals surface area contributed by atoms with E-state index in [0.29, 0.717) is 44.7 Å². The summed E-state index contributed by atoms with van der Waals surface area (Å²) in [5, 5.41) is 3.90. The van der Waals surface area contributed by atoms with Crippen LogP contribution in [0.5, 0.6) is 0 Å². The second-order valence-electron chi connectivity index (χ2n) is 10.5. The van der Waals surface area contributed by atoms with Crippen LogP contribution in [0.1, 0.15) is 38.3 Å². The van der Waals surface area contributed by atoms with Crippen molar-refractivity contribution in [2.24, 2.45) is 5.41 Å². The number of likely N-dealkylation sites (tertiary alicyclic amines) is 2. The highest BCUT2D eigenvalue weighted by atomic mass is 19.4. The Balaban J connectivity index is 1.40. The van der Waals surface area contributed by atoms with Crippen LogP contribution in [0.3, 0.4) is 0 Å². The van der Waals surface area contributed by atoms with Crippen molar-refractivity contribution >= 4 is 18.2 Å². The molecule has 4 rings (SSSR count). The summed E-state index contributed by atoms with van der Waals surface area (Å²) in [7, 11) is 0. The molecule has 206 valence electrons. The van der Waals surface area contributed by atoms with Gasteiger partial charge in [0.2, 0.25) is 5.91 Å². The van der Waals surface area contributed by atoms with E-state index in [4.69, 9.17) is 4.74 Å². The lowest BCUT2D eigenvalue weighted by atomic mass is 9.79. The van der Waals surface area contributed by atoms with Crippen LogP contribution in [-0.4, -0.2) is 68.3 Å². The molecule has 1 spiro atoms. The molecule has 14 heteroatoms. The predicted molar refractivity (Wildman–Crippen MR) is 122 cm³/mol. The van der Waals surface area contributed by atoms with Crippen LogP contribution in [0.15, 0.2) is 30.6 Å². The minimum absolute atomic E-state index is 0.0245. The normalized spacial score (nSPS) is 17.8. The first-order valence-corrected chi connectivity index (χ1v) is 11.6. The smallest absolute Gasteiger partial charge is 0.416 e. The SMILES string of the molecule is CC(C)(C)OC(=O)N1CC2(CCN(C(=O)/C=C/n3cnc(-c4cc(C(F)(F)F)cc(C(F)(F)F)c4)n3)C2)C1. The third kappa shape index (κ3) is 6.10. The van der Waals surface area contributed by atoms with Gasteiger partial charge in [0.15, 0.2) is 5.82 Å². The molecular formula is C24H25F6N5O3. The monoisotopic (exact) mass is 545 g/mol. The average Bonchev–Trinajstić information content (AvgIpc) is 3.41.